The Bertz CT molecular complexity index is 720. The van der Waals surface area contributed by atoms with E-state index in [9.17, 15) is 26.4 Å². The second kappa shape index (κ2) is 8.37. The molecule has 1 N–H and O–H groups in total. The highest BCUT2D eigenvalue weighted by Gasteiger charge is 2.37. The van der Waals surface area contributed by atoms with Crippen molar-refractivity contribution in [2.75, 3.05) is 13.7 Å². The van der Waals surface area contributed by atoms with Crippen molar-refractivity contribution in [2.24, 2.45) is 11.8 Å². The van der Waals surface area contributed by atoms with E-state index >= 15 is 0 Å². The molecule has 25 heavy (non-hydrogen) atoms. The van der Waals surface area contributed by atoms with Crippen LogP contribution in [-0.2, 0) is 25.7 Å². The predicted molar refractivity (Wildman–Crippen MR) is 86.6 cm³/mol. The summed E-state index contributed by atoms with van der Waals surface area (Å²) in [5.41, 5.74) is -1.37. The van der Waals surface area contributed by atoms with Gasteiger partial charge in [0.25, 0.3) is 0 Å². The largest absolute Gasteiger partial charge is 0.469 e. The van der Waals surface area contributed by atoms with E-state index in [1.165, 1.54) is 0 Å². The Morgan fingerprint density at radius 1 is 1.32 bits per heavy atom. The van der Waals surface area contributed by atoms with Gasteiger partial charge in [-0.1, -0.05) is 25.4 Å². The molecule has 0 aliphatic rings. The summed E-state index contributed by atoms with van der Waals surface area (Å²) in [6, 6.07) is 2.38. The van der Waals surface area contributed by atoms with Crippen LogP contribution in [0.1, 0.15) is 25.8 Å². The first-order valence-corrected chi connectivity index (χ1v) is 9.18. The molecule has 0 aliphatic heterocycles. The van der Waals surface area contributed by atoms with Crippen LogP contribution in [0.4, 0.5) is 13.2 Å². The van der Waals surface area contributed by atoms with E-state index < -0.39 is 38.5 Å². The molecule has 0 saturated heterocycles. The summed E-state index contributed by atoms with van der Waals surface area (Å²) in [6.45, 7) is 3.28. The predicted octanol–water partition coefficient (Wildman–Crippen LogP) is 3.47. The lowest BCUT2D eigenvalue weighted by molar-refractivity contribution is -0.145. The fraction of sp³-hybridized carbons (Fsp3) is 0.533. The number of rotatable bonds is 7. The fourth-order valence-corrected chi connectivity index (χ4v) is 3.70. The van der Waals surface area contributed by atoms with Crippen molar-refractivity contribution in [2.45, 2.75) is 31.3 Å². The number of hydrogen-bond donors (Lipinski definition) is 1. The standard InChI is InChI=1S/C15H19ClF3NO4S/c1-9(2)6-10(14(21)24-3)8-20-25(22,23)13-5-4-11(16)7-12(13)15(17,18)19/h4-5,7,9-10,20H,6,8H2,1-3H3. The van der Waals surface area contributed by atoms with Crippen molar-refractivity contribution in [1.29, 1.82) is 0 Å². The summed E-state index contributed by atoms with van der Waals surface area (Å²) in [7, 11) is -3.34. The lowest BCUT2D eigenvalue weighted by atomic mass is 9.97. The number of esters is 1. The molecule has 0 radical (unpaired) electrons. The molecule has 5 nitrogen and oxygen atoms in total. The average Bonchev–Trinajstić information content (AvgIpc) is 2.49. The number of carbonyl (C=O) groups excluding carboxylic acids is 1. The molecule has 10 heteroatoms. The maximum absolute atomic E-state index is 13.1. The molecular weight excluding hydrogens is 383 g/mol. The first-order valence-electron chi connectivity index (χ1n) is 7.32. The van der Waals surface area contributed by atoms with Crippen LogP contribution in [0.3, 0.4) is 0 Å². The van der Waals surface area contributed by atoms with Gasteiger partial charge in [-0.2, -0.15) is 13.2 Å². The van der Waals surface area contributed by atoms with Crippen LogP contribution in [0.25, 0.3) is 0 Å². The van der Waals surface area contributed by atoms with E-state index in [4.69, 9.17) is 11.6 Å². The quantitative estimate of drug-likeness (QED) is 0.710. The number of halogens is 4. The Labute approximate surface area is 149 Å². The van der Waals surface area contributed by atoms with Gasteiger partial charge in [0.1, 0.15) is 0 Å². The van der Waals surface area contributed by atoms with Gasteiger partial charge < -0.3 is 4.74 Å². The number of carbonyl (C=O) groups is 1. The second-order valence-electron chi connectivity index (χ2n) is 5.84. The number of ether oxygens (including phenoxy) is 1. The summed E-state index contributed by atoms with van der Waals surface area (Å²) in [6.07, 6.45) is -4.57. The maximum atomic E-state index is 13.1. The number of alkyl halides is 3. The molecule has 0 saturated carbocycles. The van der Waals surface area contributed by atoms with Crippen molar-refractivity contribution >= 4 is 27.6 Å². The van der Waals surface area contributed by atoms with Gasteiger partial charge in [-0.25, -0.2) is 13.1 Å². The van der Waals surface area contributed by atoms with Gasteiger partial charge >= 0.3 is 12.1 Å². The summed E-state index contributed by atoms with van der Waals surface area (Å²) >= 11 is 5.54. The van der Waals surface area contributed by atoms with Gasteiger partial charge in [0.05, 0.1) is 23.5 Å². The molecule has 1 aromatic carbocycles. The Balaban J connectivity index is 3.12. The van der Waals surface area contributed by atoms with Crippen LogP contribution < -0.4 is 4.72 Å². The summed E-state index contributed by atoms with van der Waals surface area (Å²) in [5, 5.41) is -0.237. The van der Waals surface area contributed by atoms with Crippen LogP contribution >= 0.6 is 11.6 Å². The van der Waals surface area contributed by atoms with Gasteiger partial charge in [-0.15, -0.1) is 0 Å². The summed E-state index contributed by atoms with van der Waals surface area (Å²) in [4.78, 5) is 10.8. The molecule has 0 heterocycles. The third-order valence-corrected chi connectivity index (χ3v) is 5.06. The smallest absolute Gasteiger partial charge is 0.417 e. The number of hydrogen-bond acceptors (Lipinski definition) is 4. The highest BCUT2D eigenvalue weighted by Crippen LogP contribution is 2.35. The van der Waals surface area contributed by atoms with Gasteiger partial charge in [-0.3, -0.25) is 4.79 Å². The Morgan fingerprint density at radius 3 is 2.40 bits per heavy atom. The number of benzene rings is 1. The molecule has 0 fully saturated rings. The van der Waals surface area contributed by atoms with E-state index in [0.717, 1.165) is 19.2 Å². The first kappa shape index (κ1) is 21.7. The van der Waals surface area contributed by atoms with Gasteiger partial charge in [0, 0.05) is 11.6 Å². The Morgan fingerprint density at radius 2 is 1.92 bits per heavy atom. The lowest BCUT2D eigenvalue weighted by Crippen LogP contribution is -2.35. The monoisotopic (exact) mass is 401 g/mol. The van der Waals surface area contributed by atoms with Crippen LogP contribution in [-0.4, -0.2) is 28.0 Å². The van der Waals surface area contributed by atoms with Gasteiger partial charge in [0.2, 0.25) is 10.0 Å². The van der Waals surface area contributed by atoms with E-state index in [0.29, 0.717) is 12.5 Å². The van der Waals surface area contributed by atoms with Crippen LogP contribution in [0.2, 0.25) is 5.02 Å². The minimum atomic E-state index is -4.89. The van der Waals surface area contributed by atoms with Crippen molar-refractivity contribution in [3.8, 4) is 0 Å². The van der Waals surface area contributed by atoms with Crippen molar-refractivity contribution in [3.63, 3.8) is 0 Å². The summed E-state index contributed by atoms with van der Waals surface area (Å²) < 4.78 is 70.5. The van der Waals surface area contributed by atoms with Gasteiger partial charge in [0.15, 0.2) is 0 Å². The van der Waals surface area contributed by atoms with Crippen LogP contribution in [0, 0.1) is 11.8 Å². The zero-order valence-corrected chi connectivity index (χ0v) is 15.4. The Kier molecular flexibility index (Phi) is 7.28. The molecule has 1 unspecified atom stereocenters. The highest BCUT2D eigenvalue weighted by atomic mass is 35.5. The minimum Gasteiger partial charge on any atom is -0.469 e. The highest BCUT2D eigenvalue weighted by molar-refractivity contribution is 7.89. The SMILES string of the molecule is COC(=O)C(CNS(=O)(=O)c1ccc(Cl)cc1C(F)(F)F)CC(C)C. The molecule has 0 aromatic heterocycles. The third-order valence-electron chi connectivity index (χ3n) is 3.35. The molecule has 1 rings (SSSR count). The Hall–Kier alpha value is -1.32. The van der Waals surface area contributed by atoms with E-state index in [2.05, 4.69) is 9.46 Å². The molecule has 142 valence electrons. The zero-order chi connectivity index (χ0) is 19.4. The second-order valence-corrected chi connectivity index (χ2v) is 8.01. The molecular formula is C15H19ClF3NO4S. The maximum Gasteiger partial charge on any atom is 0.417 e. The molecule has 1 atom stereocenters. The molecule has 1 aromatic rings. The van der Waals surface area contributed by atoms with Crippen LogP contribution in [0.5, 0.6) is 0 Å². The topological polar surface area (TPSA) is 72.5 Å². The zero-order valence-electron chi connectivity index (χ0n) is 13.9. The third kappa shape index (κ3) is 6.16. The normalized spacial score (nSPS) is 13.8. The molecule has 0 amide bonds. The lowest BCUT2D eigenvalue weighted by Gasteiger charge is -2.19. The van der Waals surface area contributed by atoms with Gasteiger partial charge in [-0.05, 0) is 30.5 Å². The number of sulfonamides is 1. The average molecular weight is 402 g/mol. The molecule has 0 spiro atoms. The van der Waals surface area contributed by atoms with Crippen molar-refractivity contribution in [1.82, 2.24) is 4.72 Å². The number of methoxy groups -OCH3 is 1. The number of nitrogens with one attached hydrogen (secondary N) is 1. The van der Waals surface area contributed by atoms with E-state index in [1.807, 2.05) is 13.8 Å². The minimum absolute atomic E-state index is 0.0647. The van der Waals surface area contributed by atoms with Crippen molar-refractivity contribution < 1.29 is 31.1 Å². The van der Waals surface area contributed by atoms with E-state index in [-0.39, 0.29) is 17.5 Å². The first-order chi connectivity index (χ1) is 11.4. The van der Waals surface area contributed by atoms with Crippen molar-refractivity contribution in [3.05, 3.63) is 28.8 Å². The van der Waals surface area contributed by atoms with Crippen LogP contribution in [0.15, 0.2) is 23.1 Å². The fourth-order valence-electron chi connectivity index (χ4n) is 2.24. The molecule has 0 aliphatic carbocycles. The van der Waals surface area contributed by atoms with E-state index in [1.54, 1.807) is 0 Å². The summed E-state index contributed by atoms with van der Waals surface area (Å²) in [5.74, 6) is -1.38. The molecule has 0 bridgehead atoms.